The van der Waals surface area contributed by atoms with Crippen molar-refractivity contribution in [3.63, 3.8) is 0 Å². The summed E-state index contributed by atoms with van der Waals surface area (Å²) in [6, 6.07) is 11.1. The van der Waals surface area contributed by atoms with Gasteiger partial charge in [0, 0.05) is 13.0 Å². The number of benzene rings is 2. The van der Waals surface area contributed by atoms with Crippen LogP contribution in [0.2, 0.25) is 0 Å². The van der Waals surface area contributed by atoms with Crippen molar-refractivity contribution < 1.29 is 27.5 Å². The standard InChI is InChI=1S/C27H38N2O6S/c1-18-9-13-22(14-10-18)36(32,33)28-17-20-12-11-19(2)21(15-20)16-23(24(30)34-26(3,4)5)29-25(31)35-27(6,7)8/h9-15,23,28H,16-17H2,1-8H3,(H,29,31)/t23-/m0/s1. The SMILES string of the molecule is Cc1ccc(S(=O)(=O)NCc2ccc(C)c(C[C@H](NC(=O)OC(C)(C)C)C(=O)OC(C)(C)C)c2)cc1. The van der Waals surface area contributed by atoms with E-state index in [-0.39, 0.29) is 17.9 Å². The Morgan fingerprint density at radius 3 is 2.03 bits per heavy atom. The van der Waals surface area contributed by atoms with E-state index in [1.807, 2.05) is 32.0 Å². The molecule has 0 aliphatic rings. The average Bonchev–Trinajstić information content (AvgIpc) is 2.71. The molecule has 1 atom stereocenters. The summed E-state index contributed by atoms with van der Waals surface area (Å²) in [5.74, 6) is -0.585. The maximum Gasteiger partial charge on any atom is 0.408 e. The summed E-state index contributed by atoms with van der Waals surface area (Å²) < 4.78 is 38.8. The second-order valence-electron chi connectivity index (χ2n) is 10.8. The molecule has 2 aromatic carbocycles. The third-order valence-corrected chi connectivity index (χ3v) is 6.43. The zero-order valence-corrected chi connectivity index (χ0v) is 23.2. The van der Waals surface area contributed by atoms with Gasteiger partial charge in [0.05, 0.1) is 4.90 Å². The number of esters is 1. The van der Waals surface area contributed by atoms with Crippen molar-refractivity contribution in [3.8, 4) is 0 Å². The highest BCUT2D eigenvalue weighted by Gasteiger charge is 2.29. The summed E-state index contributed by atoms with van der Waals surface area (Å²) >= 11 is 0. The number of carbonyl (C=O) groups is 2. The summed E-state index contributed by atoms with van der Waals surface area (Å²) in [4.78, 5) is 25.5. The number of ether oxygens (including phenoxy) is 2. The van der Waals surface area contributed by atoms with E-state index in [1.165, 1.54) is 0 Å². The van der Waals surface area contributed by atoms with Gasteiger partial charge in [-0.15, -0.1) is 0 Å². The number of nitrogens with one attached hydrogen (secondary N) is 2. The van der Waals surface area contributed by atoms with E-state index in [9.17, 15) is 18.0 Å². The fourth-order valence-corrected chi connectivity index (χ4v) is 4.29. The molecule has 0 bridgehead atoms. The van der Waals surface area contributed by atoms with E-state index in [4.69, 9.17) is 9.47 Å². The third-order valence-electron chi connectivity index (χ3n) is 5.02. The molecule has 1 amide bonds. The van der Waals surface area contributed by atoms with Crippen LogP contribution in [0.1, 0.15) is 63.8 Å². The Morgan fingerprint density at radius 1 is 0.889 bits per heavy atom. The Morgan fingerprint density at radius 2 is 1.47 bits per heavy atom. The number of sulfonamides is 1. The van der Waals surface area contributed by atoms with Gasteiger partial charge in [-0.2, -0.15) is 0 Å². The van der Waals surface area contributed by atoms with E-state index in [0.29, 0.717) is 5.56 Å². The largest absolute Gasteiger partial charge is 0.458 e. The molecular weight excluding hydrogens is 480 g/mol. The first-order valence-corrected chi connectivity index (χ1v) is 13.3. The second-order valence-corrected chi connectivity index (χ2v) is 12.6. The van der Waals surface area contributed by atoms with E-state index < -0.39 is 39.3 Å². The van der Waals surface area contributed by atoms with Gasteiger partial charge in [0.2, 0.25) is 10.0 Å². The van der Waals surface area contributed by atoms with Gasteiger partial charge in [0.1, 0.15) is 17.2 Å². The minimum atomic E-state index is -3.69. The molecule has 0 heterocycles. The molecule has 198 valence electrons. The van der Waals surface area contributed by atoms with Crippen LogP contribution in [0.4, 0.5) is 4.79 Å². The average molecular weight is 519 g/mol. The Hall–Kier alpha value is -2.91. The summed E-state index contributed by atoms with van der Waals surface area (Å²) in [6.45, 7) is 14.3. The van der Waals surface area contributed by atoms with Crippen molar-refractivity contribution in [1.82, 2.24) is 10.0 Å². The van der Waals surface area contributed by atoms with Crippen LogP contribution in [0.5, 0.6) is 0 Å². The van der Waals surface area contributed by atoms with Crippen LogP contribution in [-0.2, 0) is 37.3 Å². The minimum Gasteiger partial charge on any atom is -0.458 e. The fraction of sp³-hybridized carbons (Fsp3) is 0.481. The van der Waals surface area contributed by atoms with Gasteiger partial charge in [0.15, 0.2) is 0 Å². The predicted molar refractivity (Wildman–Crippen MR) is 139 cm³/mol. The third kappa shape index (κ3) is 9.62. The lowest BCUT2D eigenvalue weighted by Crippen LogP contribution is -2.47. The Kier molecular flexibility index (Phi) is 9.31. The van der Waals surface area contributed by atoms with Crippen LogP contribution < -0.4 is 10.0 Å². The Labute approximate surface area is 214 Å². The van der Waals surface area contributed by atoms with Gasteiger partial charge in [-0.1, -0.05) is 35.9 Å². The lowest BCUT2D eigenvalue weighted by atomic mass is 9.98. The highest BCUT2D eigenvalue weighted by atomic mass is 32.2. The first kappa shape index (κ1) is 29.3. The quantitative estimate of drug-likeness (QED) is 0.496. The van der Waals surface area contributed by atoms with E-state index >= 15 is 0 Å². The molecule has 0 saturated heterocycles. The highest BCUT2D eigenvalue weighted by molar-refractivity contribution is 7.89. The van der Waals surface area contributed by atoms with Crippen LogP contribution in [0.3, 0.4) is 0 Å². The molecule has 0 aromatic heterocycles. The lowest BCUT2D eigenvalue weighted by Gasteiger charge is -2.26. The number of amides is 1. The number of hydrogen-bond donors (Lipinski definition) is 2. The smallest absolute Gasteiger partial charge is 0.408 e. The monoisotopic (exact) mass is 518 g/mol. The van der Waals surface area contributed by atoms with Crippen LogP contribution in [0.25, 0.3) is 0 Å². The number of hydrogen-bond acceptors (Lipinski definition) is 6. The van der Waals surface area contributed by atoms with Crippen LogP contribution in [0.15, 0.2) is 47.4 Å². The minimum absolute atomic E-state index is 0.0695. The topological polar surface area (TPSA) is 111 Å². The number of carbonyl (C=O) groups excluding carboxylic acids is 2. The van der Waals surface area contributed by atoms with Gasteiger partial charge in [-0.25, -0.2) is 22.7 Å². The van der Waals surface area contributed by atoms with Gasteiger partial charge in [0.25, 0.3) is 0 Å². The zero-order valence-electron chi connectivity index (χ0n) is 22.4. The Bertz CT molecular complexity index is 1180. The van der Waals surface area contributed by atoms with Crippen LogP contribution >= 0.6 is 0 Å². The van der Waals surface area contributed by atoms with Crippen molar-refractivity contribution >= 4 is 22.1 Å². The normalized spacial score (nSPS) is 13.1. The summed E-state index contributed by atoms with van der Waals surface area (Å²) in [7, 11) is -3.69. The maximum absolute atomic E-state index is 12.9. The first-order chi connectivity index (χ1) is 16.4. The van der Waals surface area contributed by atoms with Gasteiger partial charge in [-0.05, 0) is 84.2 Å². The molecule has 2 rings (SSSR count). The predicted octanol–water partition coefficient (Wildman–Crippen LogP) is 4.56. The first-order valence-electron chi connectivity index (χ1n) is 11.8. The molecule has 0 saturated carbocycles. The molecule has 36 heavy (non-hydrogen) atoms. The summed E-state index contributed by atoms with van der Waals surface area (Å²) in [5, 5.41) is 2.63. The van der Waals surface area contributed by atoms with E-state index in [0.717, 1.165) is 16.7 Å². The van der Waals surface area contributed by atoms with Gasteiger partial charge >= 0.3 is 12.1 Å². The molecule has 0 radical (unpaired) electrons. The highest BCUT2D eigenvalue weighted by Crippen LogP contribution is 2.18. The molecule has 0 unspecified atom stereocenters. The van der Waals surface area contributed by atoms with Crippen molar-refractivity contribution in [2.24, 2.45) is 0 Å². The lowest BCUT2D eigenvalue weighted by molar-refractivity contribution is -0.157. The molecule has 0 aliphatic carbocycles. The molecule has 9 heteroatoms. The van der Waals surface area contributed by atoms with Crippen LogP contribution in [0, 0.1) is 13.8 Å². The fourth-order valence-electron chi connectivity index (χ4n) is 3.27. The molecule has 2 aromatic rings. The van der Waals surface area contributed by atoms with E-state index in [1.54, 1.807) is 65.8 Å². The van der Waals surface area contributed by atoms with Crippen molar-refractivity contribution in [2.45, 2.75) is 90.5 Å². The molecule has 0 aliphatic heterocycles. The molecule has 8 nitrogen and oxygen atoms in total. The van der Waals surface area contributed by atoms with Gasteiger partial charge < -0.3 is 14.8 Å². The molecular formula is C27H38N2O6S. The van der Waals surface area contributed by atoms with Gasteiger partial charge in [-0.3, -0.25) is 0 Å². The second kappa shape index (κ2) is 11.4. The molecule has 0 fully saturated rings. The van der Waals surface area contributed by atoms with Crippen molar-refractivity contribution in [3.05, 3.63) is 64.7 Å². The number of rotatable bonds is 8. The zero-order chi connectivity index (χ0) is 27.3. The molecule has 0 spiro atoms. The van der Waals surface area contributed by atoms with Crippen LogP contribution in [-0.4, -0.2) is 37.7 Å². The summed E-state index contributed by atoms with van der Waals surface area (Å²) in [5.41, 5.74) is 1.88. The van der Waals surface area contributed by atoms with E-state index in [2.05, 4.69) is 10.0 Å². The number of alkyl carbamates (subject to hydrolysis) is 1. The molecule has 2 N–H and O–H groups in total. The maximum atomic E-state index is 12.9. The number of aryl methyl sites for hydroxylation is 2. The van der Waals surface area contributed by atoms with Crippen molar-refractivity contribution in [2.75, 3.05) is 0 Å². The van der Waals surface area contributed by atoms with Crippen molar-refractivity contribution in [1.29, 1.82) is 0 Å². The summed E-state index contributed by atoms with van der Waals surface area (Å²) in [6.07, 6.45) is -0.573. The Balaban J connectivity index is 2.23.